The highest BCUT2D eigenvalue weighted by Crippen LogP contribution is 2.31. The second-order valence-electron chi connectivity index (χ2n) is 8.36. The maximum absolute atomic E-state index is 12.7. The minimum atomic E-state index is -0.476. The number of rotatable bonds is 6. The molecule has 0 aliphatic carbocycles. The molecule has 0 unspecified atom stereocenters. The summed E-state index contributed by atoms with van der Waals surface area (Å²) >= 11 is 0. The largest absolute Gasteiger partial charge is 0.366 e. The average molecular weight is 474 g/mol. The van der Waals surface area contributed by atoms with E-state index in [1.165, 1.54) is 0 Å². The van der Waals surface area contributed by atoms with E-state index in [0.717, 1.165) is 33.3 Å². The van der Waals surface area contributed by atoms with Crippen LogP contribution in [0.5, 0.6) is 0 Å². The van der Waals surface area contributed by atoms with Crippen LogP contribution in [0.15, 0.2) is 97.1 Å². The molecule has 0 spiro atoms. The molecule has 7 heteroatoms. The molecule has 0 aliphatic heterocycles. The molecule has 0 radical (unpaired) electrons. The fraction of sp³-hybridized carbons (Fsp3) is 0.0345. The fourth-order valence-electron chi connectivity index (χ4n) is 3.95. The summed E-state index contributed by atoms with van der Waals surface area (Å²) in [5.74, 6) is -0.0521. The third kappa shape index (κ3) is 4.63. The molecule has 4 N–H and O–H groups in total. The predicted molar refractivity (Wildman–Crippen MR) is 142 cm³/mol. The summed E-state index contributed by atoms with van der Waals surface area (Å²) in [4.78, 5) is 24.1. The van der Waals surface area contributed by atoms with E-state index in [1.807, 2.05) is 79.7 Å². The van der Waals surface area contributed by atoms with Crippen LogP contribution in [0, 0.1) is 6.92 Å². The van der Waals surface area contributed by atoms with Crippen LogP contribution in [0.3, 0.4) is 0 Å². The van der Waals surface area contributed by atoms with Gasteiger partial charge in [0.1, 0.15) is 5.69 Å². The van der Waals surface area contributed by atoms with Gasteiger partial charge in [-0.15, -0.1) is 10.2 Å². The number of nitrogens with zero attached hydrogens (tertiary/aromatic N) is 2. The summed E-state index contributed by atoms with van der Waals surface area (Å²) < 4.78 is 0. The van der Waals surface area contributed by atoms with Crippen LogP contribution in [-0.4, -0.2) is 22.0 Å². The van der Waals surface area contributed by atoms with Gasteiger partial charge in [0.2, 0.25) is 5.91 Å². The zero-order chi connectivity index (χ0) is 25.1. The number of carbonyl (C=O) groups excluding carboxylic acids is 2. The summed E-state index contributed by atoms with van der Waals surface area (Å²) in [5, 5.41) is 16.9. The highest BCUT2D eigenvalue weighted by molar-refractivity contribution is 6.05. The van der Waals surface area contributed by atoms with Crippen molar-refractivity contribution in [1.82, 2.24) is 10.2 Å². The number of fused-ring (bicyclic) bond motifs is 1. The Labute approximate surface area is 208 Å². The number of benzene rings is 4. The maximum Gasteiger partial charge on any atom is 0.255 e. The molecule has 176 valence electrons. The molecule has 1 aromatic heterocycles. The molecule has 1 heterocycles. The Morgan fingerprint density at radius 2 is 1.36 bits per heavy atom. The second-order valence-corrected chi connectivity index (χ2v) is 8.36. The number of anilines is 3. The molecule has 0 fully saturated rings. The third-order valence-corrected chi connectivity index (χ3v) is 5.93. The molecule has 0 saturated heterocycles. The Kier molecular flexibility index (Phi) is 6.11. The fourth-order valence-corrected chi connectivity index (χ4v) is 3.95. The zero-order valence-corrected chi connectivity index (χ0v) is 19.5. The molecule has 0 atom stereocenters. The van der Waals surface area contributed by atoms with E-state index >= 15 is 0 Å². The first-order chi connectivity index (χ1) is 17.5. The van der Waals surface area contributed by atoms with Crippen molar-refractivity contribution in [3.8, 4) is 11.3 Å². The van der Waals surface area contributed by atoms with E-state index in [1.54, 1.807) is 24.3 Å². The number of amides is 2. The normalized spacial score (nSPS) is 10.7. The molecule has 36 heavy (non-hydrogen) atoms. The molecule has 4 aromatic carbocycles. The molecular formula is C29H23N5O2. The van der Waals surface area contributed by atoms with Crippen LogP contribution in [-0.2, 0) is 0 Å². The van der Waals surface area contributed by atoms with Gasteiger partial charge in [-0.1, -0.05) is 54.6 Å². The van der Waals surface area contributed by atoms with Crippen LogP contribution in [0.2, 0.25) is 0 Å². The summed E-state index contributed by atoms with van der Waals surface area (Å²) in [6.45, 7) is 1.95. The first-order valence-corrected chi connectivity index (χ1v) is 11.4. The number of aryl methyl sites for hydroxylation is 1. The minimum Gasteiger partial charge on any atom is -0.366 e. The molecule has 2 amide bonds. The SMILES string of the molecule is Cc1ccccc1NC(=O)c1ccc(Nc2nnc(-c3ccc(C(N)=O)cc3)c3ccccc23)cc1. The van der Waals surface area contributed by atoms with Gasteiger partial charge in [0.25, 0.3) is 5.91 Å². The Balaban J connectivity index is 1.39. The van der Waals surface area contributed by atoms with Gasteiger partial charge in [-0.05, 0) is 55.0 Å². The minimum absolute atomic E-state index is 0.173. The van der Waals surface area contributed by atoms with Crippen molar-refractivity contribution < 1.29 is 9.59 Å². The zero-order valence-electron chi connectivity index (χ0n) is 19.5. The number of nitrogens with two attached hydrogens (primary N) is 1. The van der Waals surface area contributed by atoms with E-state index in [0.29, 0.717) is 22.6 Å². The quantitative estimate of drug-likeness (QED) is 0.293. The predicted octanol–water partition coefficient (Wildman–Crippen LogP) is 5.70. The van der Waals surface area contributed by atoms with Gasteiger partial charge in [-0.2, -0.15) is 0 Å². The molecule has 5 aromatic rings. The lowest BCUT2D eigenvalue weighted by atomic mass is 10.0. The van der Waals surface area contributed by atoms with E-state index < -0.39 is 5.91 Å². The lowest BCUT2D eigenvalue weighted by molar-refractivity contribution is 0.0997. The van der Waals surface area contributed by atoms with Crippen LogP contribution in [0.1, 0.15) is 26.3 Å². The first kappa shape index (κ1) is 22.7. The smallest absolute Gasteiger partial charge is 0.255 e. The van der Waals surface area contributed by atoms with Crippen LogP contribution in [0.25, 0.3) is 22.0 Å². The summed E-state index contributed by atoms with van der Waals surface area (Å²) in [7, 11) is 0. The monoisotopic (exact) mass is 473 g/mol. The number of nitrogens with one attached hydrogen (secondary N) is 2. The third-order valence-electron chi connectivity index (χ3n) is 5.93. The number of hydrogen-bond donors (Lipinski definition) is 3. The summed E-state index contributed by atoms with van der Waals surface area (Å²) in [6, 6.07) is 29.7. The van der Waals surface area contributed by atoms with Gasteiger partial charge in [0, 0.05) is 38.8 Å². The van der Waals surface area contributed by atoms with Crippen molar-refractivity contribution in [3.63, 3.8) is 0 Å². The Bertz CT molecular complexity index is 1580. The lowest BCUT2D eigenvalue weighted by Gasteiger charge is -2.12. The highest BCUT2D eigenvalue weighted by Gasteiger charge is 2.13. The van der Waals surface area contributed by atoms with Crippen molar-refractivity contribution in [2.45, 2.75) is 6.92 Å². The maximum atomic E-state index is 12.7. The molecule has 7 nitrogen and oxygen atoms in total. The van der Waals surface area contributed by atoms with Gasteiger partial charge >= 0.3 is 0 Å². The van der Waals surface area contributed by atoms with Crippen molar-refractivity contribution in [3.05, 3.63) is 114 Å². The van der Waals surface area contributed by atoms with Crippen LogP contribution >= 0.6 is 0 Å². The lowest BCUT2D eigenvalue weighted by Crippen LogP contribution is -2.12. The Morgan fingerprint density at radius 1 is 0.722 bits per heavy atom. The van der Waals surface area contributed by atoms with Gasteiger partial charge in [0.15, 0.2) is 5.82 Å². The Hall–Kier alpha value is -5.04. The highest BCUT2D eigenvalue weighted by atomic mass is 16.2. The van der Waals surface area contributed by atoms with Gasteiger partial charge in [-0.25, -0.2) is 0 Å². The molecule has 0 saturated carbocycles. The number of aromatic nitrogens is 2. The number of carbonyl (C=O) groups is 2. The van der Waals surface area contributed by atoms with Crippen molar-refractivity contribution in [2.75, 3.05) is 10.6 Å². The number of para-hydroxylation sites is 1. The van der Waals surface area contributed by atoms with Crippen molar-refractivity contribution in [2.24, 2.45) is 5.73 Å². The van der Waals surface area contributed by atoms with Crippen molar-refractivity contribution in [1.29, 1.82) is 0 Å². The van der Waals surface area contributed by atoms with Gasteiger partial charge < -0.3 is 16.4 Å². The summed E-state index contributed by atoms with van der Waals surface area (Å²) in [5.41, 5.74) is 10.4. The molecule has 5 rings (SSSR count). The standard InChI is InChI=1S/C29H23N5O2/c1-18-6-2-5-9-25(18)32-29(36)21-14-16-22(17-15-21)31-28-24-8-4-3-7-23(24)26(33-34-28)19-10-12-20(13-11-19)27(30)35/h2-17H,1H3,(H2,30,35)(H,31,34)(H,32,36). The van der Waals surface area contributed by atoms with E-state index in [2.05, 4.69) is 20.8 Å². The van der Waals surface area contributed by atoms with E-state index in [-0.39, 0.29) is 5.91 Å². The van der Waals surface area contributed by atoms with E-state index in [4.69, 9.17) is 5.73 Å². The van der Waals surface area contributed by atoms with E-state index in [9.17, 15) is 9.59 Å². The average Bonchev–Trinajstić information content (AvgIpc) is 2.90. The number of hydrogen-bond acceptors (Lipinski definition) is 5. The van der Waals surface area contributed by atoms with Gasteiger partial charge in [-0.3, -0.25) is 9.59 Å². The number of primary amides is 1. The molecular weight excluding hydrogens is 450 g/mol. The van der Waals surface area contributed by atoms with Gasteiger partial charge in [0.05, 0.1) is 0 Å². The topological polar surface area (TPSA) is 110 Å². The van der Waals surface area contributed by atoms with Crippen LogP contribution in [0.4, 0.5) is 17.2 Å². The molecule has 0 aliphatic rings. The van der Waals surface area contributed by atoms with Crippen molar-refractivity contribution >= 4 is 39.8 Å². The molecule has 0 bridgehead atoms. The first-order valence-electron chi connectivity index (χ1n) is 11.4. The summed E-state index contributed by atoms with van der Waals surface area (Å²) in [6.07, 6.45) is 0. The van der Waals surface area contributed by atoms with Crippen LogP contribution < -0.4 is 16.4 Å². The Morgan fingerprint density at radius 3 is 2.06 bits per heavy atom. The second kappa shape index (κ2) is 9.68.